The Kier molecular flexibility index (Phi) is 5.57. The minimum absolute atomic E-state index is 0.250. The maximum atomic E-state index is 5.86. The molecule has 0 fully saturated rings. The number of nitrogen functional groups attached to an aromatic ring is 1. The van der Waals surface area contributed by atoms with E-state index < -0.39 is 0 Å². The van der Waals surface area contributed by atoms with E-state index in [0.29, 0.717) is 13.1 Å². The highest BCUT2D eigenvalue weighted by molar-refractivity contribution is 5.88. The summed E-state index contributed by atoms with van der Waals surface area (Å²) in [6.45, 7) is 5.46. The minimum Gasteiger partial charge on any atom is -0.386 e. The number of benzene rings is 1. The van der Waals surface area contributed by atoms with Gasteiger partial charge >= 0.3 is 0 Å². The highest BCUT2D eigenvalue weighted by atomic mass is 15.2. The molecule has 0 atom stereocenters. The van der Waals surface area contributed by atoms with Gasteiger partial charge in [-0.2, -0.15) is 0 Å². The monoisotopic (exact) mass is 362 g/mol. The molecular weight excluding hydrogens is 336 g/mol. The third-order valence-corrected chi connectivity index (χ3v) is 4.74. The molecule has 0 saturated heterocycles. The molecule has 1 aromatic carbocycles. The smallest absolute Gasteiger partial charge is 0.220 e. The van der Waals surface area contributed by atoms with E-state index in [2.05, 4.69) is 58.3 Å². The molecule has 1 aliphatic rings. The molecule has 0 aliphatic carbocycles. The fourth-order valence-electron chi connectivity index (χ4n) is 3.07. The molecule has 2 aromatic rings. The van der Waals surface area contributed by atoms with Gasteiger partial charge in [-0.1, -0.05) is 18.2 Å². The standard InChI is InChI=1S/C21H26N6/c1-14-4-5-17(12-15(14)2)19(24-3)20(18-6-9-25-21(23)26-18)27-10-7-16(13-22)8-11-27/h4-10,12,24H,11,13,22H2,1-3H3,(H2,23,25,26)/b20-19-. The minimum atomic E-state index is 0.250. The molecule has 0 amide bonds. The first-order valence-corrected chi connectivity index (χ1v) is 8.96. The molecular formula is C21H26N6. The van der Waals surface area contributed by atoms with Gasteiger partial charge in [0.15, 0.2) is 0 Å². The summed E-state index contributed by atoms with van der Waals surface area (Å²) >= 11 is 0. The Morgan fingerprint density at radius 2 is 2.04 bits per heavy atom. The largest absolute Gasteiger partial charge is 0.386 e. The van der Waals surface area contributed by atoms with Crippen LogP contribution in [-0.4, -0.2) is 35.0 Å². The third kappa shape index (κ3) is 4.01. The highest BCUT2D eigenvalue weighted by Gasteiger charge is 2.19. The molecule has 1 aromatic heterocycles. The van der Waals surface area contributed by atoms with E-state index in [9.17, 15) is 0 Å². The summed E-state index contributed by atoms with van der Waals surface area (Å²) in [5.74, 6) is 0.250. The Balaban J connectivity index is 2.18. The Labute approximate surface area is 160 Å². The number of hydrogen-bond acceptors (Lipinski definition) is 6. The second kappa shape index (κ2) is 8.05. The summed E-state index contributed by atoms with van der Waals surface area (Å²) in [5, 5.41) is 3.36. The highest BCUT2D eigenvalue weighted by Crippen LogP contribution is 2.29. The van der Waals surface area contributed by atoms with Crippen molar-refractivity contribution in [3.63, 3.8) is 0 Å². The van der Waals surface area contributed by atoms with Gasteiger partial charge in [0.05, 0.1) is 17.1 Å². The predicted octanol–water partition coefficient (Wildman–Crippen LogP) is 2.44. The number of nitrogens with one attached hydrogen (secondary N) is 1. The molecule has 0 bridgehead atoms. The van der Waals surface area contributed by atoms with Crippen LogP contribution in [0.2, 0.25) is 0 Å². The summed E-state index contributed by atoms with van der Waals surface area (Å²) in [4.78, 5) is 10.6. The molecule has 0 unspecified atom stereocenters. The number of nitrogens with two attached hydrogens (primary N) is 2. The van der Waals surface area contributed by atoms with Gasteiger partial charge in [0.2, 0.25) is 5.95 Å². The van der Waals surface area contributed by atoms with E-state index in [1.54, 1.807) is 6.20 Å². The molecule has 0 spiro atoms. The van der Waals surface area contributed by atoms with Crippen LogP contribution in [0.1, 0.15) is 22.4 Å². The van der Waals surface area contributed by atoms with Gasteiger partial charge in [-0.25, -0.2) is 9.97 Å². The van der Waals surface area contributed by atoms with Crippen LogP contribution in [0.25, 0.3) is 11.4 Å². The van der Waals surface area contributed by atoms with Gasteiger partial charge in [0, 0.05) is 38.1 Å². The summed E-state index contributed by atoms with van der Waals surface area (Å²) in [6.07, 6.45) is 7.87. The van der Waals surface area contributed by atoms with Crippen LogP contribution in [-0.2, 0) is 0 Å². The number of anilines is 1. The van der Waals surface area contributed by atoms with Crippen molar-refractivity contribution >= 4 is 17.3 Å². The van der Waals surface area contributed by atoms with E-state index in [-0.39, 0.29) is 5.95 Å². The van der Waals surface area contributed by atoms with Crippen molar-refractivity contribution in [2.75, 3.05) is 25.9 Å². The Hall–Kier alpha value is -3.12. The van der Waals surface area contributed by atoms with Crippen molar-refractivity contribution in [1.82, 2.24) is 20.2 Å². The Morgan fingerprint density at radius 1 is 1.22 bits per heavy atom. The van der Waals surface area contributed by atoms with Crippen LogP contribution < -0.4 is 16.8 Å². The topological polar surface area (TPSA) is 93.1 Å². The predicted molar refractivity (Wildman–Crippen MR) is 111 cm³/mol. The molecule has 6 nitrogen and oxygen atoms in total. The summed E-state index contributed by atoms with van der Waals surface area (Å²) in [5.41, 5.74) is 19.0. The SMILES string of the molecule is CN/C(=C(/c1ccnc(N)n1)N1C=CC(CN)=CC1)c1ccc(C)c(C)c1. The zero-order valence-electron chi connectivity index (χ0n) is 16.0. The van der Waals surface area contributed by atoms with Gasteiger partial charge in [-0.3, -0.25) is 0 Å². The van der Waals surface area contributed by atoms with Crippen LogP contribution in [0.5, 0.6) is 0 Å². The second-order valence-electron chi connectivity index (χ2n) is 6.52. The lowest BCUT2D eigenvalue weighted by atomic mass is 10.0. The average molecular weight is 362 g/mol. The number of nitrogens with zero attached hydrogens (tertiary/aromatic N) is 3. The van der Waals surface area contributed by atoms with E-state index >= 15 is 0 Å². The normalized spacial score (nSPS) is 14.7. The van der Waals surface area contributed by atoms with E-state index in [4.69, 9.17) is 11.5 Å². The van der Waals surface area contributed by atoms with Crippen LogP contribution in [0.4, 0.5) is 5.95 Å². The summed E-state index contributed by atoms with van der Waals surface area (Å²) in [6, 6.07) is 8.31. The van der Waals surface area contributed by atoms with E-state index in [1.807, 2.05) is 25.4 Å². The molecule has 3 rings (SSSR count). The van der Waals surface area contributed by atoms with E-state index in [0.717, 1.165) is 28.2 Å². The van der Waals surface area contributed by atoms with Crippen LogP contribution in [0, 0.1) is 13.8 Å². The Morgan fingerprint density at radius 3 is 2.63 bits per heavy atom. The van der Waals surface area contributed by atoms with Crippen molar-refractivity contribution in [1.29, 1.82) is 0 Å². The van der Waals surface area contributed by atoms with Gasteiger partial charge in [0.25, 0.3) is 0 Å². The number of aromatic nitrogens is 2. The van der Waals surface area contributed by atoms with Crippen molar-refractivity contribution in [3.8, 4) is 0 Å². The molecule has 140 valence electrons. The van der Waals surface area contributed by atoms with Crippen molar-refractivity contribution < 1.29 is 0 Å². The molecule has 6 heteroatoms. The molecule has 2 heterocycles. The molecule has 0 saturated carbocycles. The van der Waals surface area contributed by atoms with Gasteiger partial charge in [0.1, 0.15) is 0 Å². The lowest BCUT2D eigenvalue weighted by molar-refractivity contribution is 0.579. The zero-order valence-corrected chi connectivity index (χ0v) is 16.0. The maximum Gasteiger partial charge on any atom is 0.220 e. The van der Waals surface area contributed by atoms with Gasteiger partial charge < -0.3 is 21.7 Å². The number of rotatable bonds is 5. The second-order valence-corrected chi connectivity index (χ2v) is 6.52. The third-order valence-electron chi connectivity index (χ3n) is 4.74. The van der Waals surface area contributed by atoms with Gasteiger partial charge in [-0.15, -0.1) is 0 Å². The molecule has 1 aliphatic heterocycles. The number of hydrogen-bond donors (Lipinski definition) is 3. The molecule has 27 heavy (non-hydrogen) atoms. The molecule has 0 radical (unpaired) electrons. The quantitative estimate of drug-likeness (QED) is 0.756. The Bertz CT molecular complexity index is 926. The lowest BCUT2D eigenvalue weighted by Gasteiger charge is -2.28. The fourth-order valence-corrected chi connectivity index (χ4v) is 3.07. The van der Waals surface area contributed by atoms with Crippen molar-refractivity contribution in [3.05, 3.63) is 76.8 Å². The van der Waals surface area contributed by atoms with Crippen molar-refractivity contribution in [2.24, 2.45) is 5.73 Å². The van der Waals surface area contributed by atoms with Crippen LogP contribution >= 0.6 is 0 Å². The summed E-state index contributed by atoms with van der Waals surface area (Å²) < 4.78 is 0. The zero-order chi connectivity index (χ0) is 19.4. The first-order valence-electron chi connectivity index (χ1n) is 8.96. The van der Waals surface area contributed by atoms with Crippen LogP contribution in [0.15, 0.2) is 54.4 Å². The van der Waals surface area contributed by atoms with Crippen molar-refractivity contribution in [2.45, 2.75) is 13.8 Å². The summed E-state index contributed by atoms with van der Waals surface area (Å²) in [7, 11) is 1.92. The number of aryl methyl sites for hydroxylation is 2. The van der Waals surface area contributed by atoms with Gasteiger partial charge in [-0.05, 0) is 48.8 Å². The average Bonchev–Trinajstić information content (AvgIpc) is 2.68. The maximum absolute atomic E-state index is 5.86. The van der Waals surface area contributed by atoms with E-state index in [1.165, 1.54) is 11.1 Å². The fraction of sp³-hybridized carbons (Fsp3) is 0.238. The lowest BCUT2D eigenvalue weighted by Crippen LogP contribution is -2.24. The van der Waals surface area contributed by atoms with Crippen LogP contribution in [0.3, 0.4) is 0 Å². The first kappa shape index (κ1) is 18.7. The molecule has 5 N–H and O–H groups in total. The first-order chi connectivity index (χ1) is 13.0.